The maximum Gasteiger partial charge on any atom is 0.416 e. The van der Waals surface area contributed by atoms with Crippen LogP contribution in [0.4, 0.5) is 18.9 Å². The molecule has 1 aromatic heterocycles. The number of sulfonamides is 1. The summed E-state index contributed by atoms with van der Waals surface area (Å²) in [6.07, 6.45) is 6.07. The van der Waals surface area contributed by atoms with Gasteiger partial charge in [0.1, 0.15) is 0 Å². The fourth-order valence-electron chi connectivity index (χ4n) is 5.96. The van der Waals surface area contributed by atoms with Crippen LogP contribution in [-0.2, 0) is 29.3 Å². The van der Waals surface area contributed by atoms with E-state index >= 15 is 0 Å². The third-order valence-corrected chi connectivity index (χ3v) is 10.1. The van der Waals surface area contributed by atoms with Gasteiger partial charge in [-0.1, -0.05) is 43.9 Å². The highest BCUT2D eigenvalue weighted by Gasteiger charge is 2.36. The molecule has 40 heavy (non-hydrogen) atoms. The summed E-state index contributed by atoms with van der Waals surface area (Å²) in [5.41, 5.74) is 1.88. The number of imidazole rings is 1. The first-order valence-corrected chi connectivity index (χ1v) is 15.5. The van der Waals surface area contributed by atoms with E-state index in [1.165, 1.54) is 30.0 Å². The third kappa shape index (κ3) is 6.22. The second-order valence-corrected chi connectivity index (χ2v) is 13.3. The zero-order valence-corrected chi connectivity index (χ0v) is 23.8. The molecule has 10 heteroatoms. The van der Waals surface area contributed by atoms with Crippen molar-refractivity contribution in [3.8, 4) is 0 Å². The molecule has 3 aromatic rings. The number of anilines is 1. The lowest BCUT2D eigenvalue weighted by molar-refractivity contribution is -0.137. The first kappa shape index (κ1) is 28.7. The highest BCUT2D eigenvalue weighted by atomic mass is 32.2. The molecule has 0 amide bonds. The molecule has 0 N–H and O–H groups in total. The van der Waals surface area contributed by atoms with Crippen molar-refractivity contribution in [2.45, 2.75) is 88.6 Å². The van der Waals surface area contributed by atoms with Gasteiger partial charge in [-0.25, -0.2) is 13.4 Å². The smallest absolute Gasteiger partial charge is 0.361 e. The molecule has 0 bridgehead atoms. The van der Waals surface area contributed by atoms with Crippen LogP contribution in [0.15, 0.2) is 66.0 Å². The zero-order valence-electron chi connectivity index (χ0n) is 23.0. The van der Waals surface area contributed by atoms with E-state index in [2.05, 4.69) is 28.3 Å². The molecule has 1 atom stereocenters. The Morgan fingerprint density at radius 2 is 1.70 bits per heavy atom. The SMILES string of the molecule is CC(C)n1cnc(CN2c3ccccc3CN(S(=O)(=O)c3ccc(C(F)(F)F)cc3)C[C@H]2CCC2CCCC2)c1. The van der Waals surface area contributed by atoms with Gasteiger partial charge in [-0.15, -0.1) is 0 Å². The standard InChI is InChI=1S/C30H37F3N4O2S/c1-22(2)35-18-26(34-21-35)19-37-27(14-11-23-7-3-4-8-23)20-36(17-24-9-5-6-10-29(24)37)40(38,39)28-15-12-25(13-16-28)30(31,32)33/h5-6,9-10,12-13,15-16,18,21-23,27H,3-4,7-8,11,14,17,19-20H2,1-2H3/t27-/m1/s1. The molecule has 216 valence electrons. The largest absolute Gasteiger partial charge is 0.416 e. The Hall–Kier alpha value is -2.85. The van der Waals surface area contributed by atoms with Crippen molar-refractivity contribution in [3.05, 3.63) is 77.9 Å². The van der Waals surface area contributed by atoms with E-state index in [0.29, 0.717) is 12.5 Å². The van der Waals surface area contributed by atoms with E-state index in [4.69, 9.17) is 0 Å². The Balaban J connectivity index is 1.50. The summed E-state index contributed by atoms with van der Waals surface area (Å²) in [6, 6.07) is 11.8. The van der Waals surface area contributed by atoms with Crippen LogP contribution in [0.5, 0.6) is 0 Å². The van der Waals surface area contributed by atoms with Crippen LogP contribution in [0.2, 0.25) is 0 Å². The van der Waals surface area contributed by atoms with E-state index in [0.717, 1.165) is 54.1 Å². The summed E-state index contributed by atoms with van der Waals surface area (Å²) in [6.45, 7) is 5.13. The summed E-state index contributed by atoms with van der Waals surface area (Å²) in [5.74, 6) is 0.639. The highest BCUT2D eigenvalue weighted by Crippen LogP contribution is 2.36. The number of alkyl halides is 3. The summed E-state index contributed by atoms with van der Waals surface area (Å²) in [7, 11) is -4.04. The highest BCUT2D eigenvalue weighted by molar-refractivity contribution is 7.89. The van der Waals surface area contributed by atoms with Crippen molar-refractivity contribution in [2.24, 2.45) is 5.92 Å². The fourth-order valence-corrected chi connectivity index (χ4v) is 7.42. The monoisotopic (exact) mass is 574 g/mol. The molecular weight excluding hydrogens is 537 g/mol. The molecule has 0 unspecified atom stereocenters. The summed E-state index contributed by atoms with van der Waals surface area (Å²) in [4.78, 5) is 6.81. The van der Waals surface area contributed by atoms with Crippen LogP contribution >= 0.6 is 0 Å². The molecule has 1 saturated carbocycles. The lowest BCUT2D eigenvalue weighted by Crippen LogP contribution is -2.43. The van der Waals surface area contributed by atoms with Gasteiger partial charge in [-0.2, -0.15) is 17.5 Å². The van der Waals surface area contributed by atoms with Crippen molar-refractivity contribution >= 4 is 15.7 Å². The van der Waals surface area contributed by atoms with E-state index in [1.54, 1.807) is 0 Å². The molecule has 0 radical (unpaired) electrons. The first-order valence-electron chi connectivity index (χ1n) is 14.1. The maximum absolute atomic E-state index is 13.9. The van der Waals surface area contributed by atoms with E-state index < -0.39 is 21.8 Å². The van der Waals surface area contributed by atoms with Crippen molar-refractivity contribution in [1.29, 1.82) is 0 Å². The summed E-state index contributed by atoms with van der Waals surface area (Å²) >= 11 is 0. The minimum absolute atomic E-state index is 0.113. The topological polar surface area (TPSA) is 58.4 Å². The number of benzene rings is 2. The van der Waals surface area contributed by atoms with Gasteiger partial charge in [0.25, 0.3) is 0 Å². The average Bonchev–Trinajstić information content (AvgIpc) is 3.59. The van der Waals surface area contributed by atoms with Crippen LogP contribution < -0.4 is 4.90 Å². The lowest BCUT2D eigenvalue weighted by Gasteiger charge is -2.34. The molecule has 1 fully saturated rings. The molecule has 1 aliphatic carbocycles. The fraction of sp³-hybridized carbons (Fsp3) is 0.500. The number of hydrogen-bond donors (Lipinski definition) is 0. The molecule has 1 aliphatic heterocycles. The number of para-hydroxylation sites is 1. The van der Waals surface area contributed by atoms with Gasteiger partial charge >= 0.3 is 6.18 Å². The second kappa shape index (κ2) is 11.6. The number of fused-ring (bicyclic) bond motifs is 1. The van der Waals surface area contributed by atoms with Crippen molar-refractivity contribution in [3.63, 3.8) is 0 Å². The number of hydrogen-bond acceptors (Lipinski definition) is 4. The third-order valence-electron chi connectivity index (χ3n) is 8.29. The van der Waals surface area contributed by atoms with E-state index in [-0.39, 0.29) is 30.1 Å². The Bertz CT molecular complexity index is 1400. The first-order chi connectivity index (χ1) is 19.0. The summed E-state index contributed by atoms with van der Waals surface area (Å²) in [5, 5.41) is 0. The van der Waals surface area contributed by atoms with Crippen LogP contribution in [0.3, 0.4) is 0 Å². The van der Waals surface area contributed by atoms with Crippen molar-refractivity contribution < 1.29 is 21.6 Å². The molecule has 0 spiro atoms. The van der Waals surface area contributed by atoms with Crippen molar-refractivity contribution in [1.82, 2.24) is 13.9 Å². The predicted octanol–water partition coefficient (Wildman–Crippen LogP) is 7.03. The molecule has 2 heterocycles. The molecular formula is C30H37F3N4O2S. The quantitative estimate of drug-likeness (QED) is 0.290. The van der Waals surface area contributed by atoms with Crippen LogP contribution in [-0.4, -0.2) is 34.9 Å². The van der Waals surface area contributed by atoms with Crippen molar-refractivity contribution in [2.75, 3.05) is 11.4 Å². The van der Waals surface area contributed by atoms with Gasteiger partial charge < -0.3 is 9.47 Å². The zero-order chi connectivity index (χ0) is 28.5. The minimum atomic E-state index is -4.53. The van der Waals surface area contributed by atoms with Gasteiger partial charge in [-0.3, -0.25) is 0 Å². The van der Waals surface area contributed by atoms with Crippen LogP contribution in [0, 0.1) is 5.92 Å². The average molecular weight is 575 g/mol. The Kier molecular flexibility index (Phi) is 8.29. The molecule has 0 saturated heterocycles. The number of aromatic nitrogens is 2. The summed E-state index contributed by atoms with van der Waals surface area (Å²) < 4.78 is 70.7. The second-order valence-electron chi connectivity index (χ2n) is 11.4. The van der Waals surface area contributed by atoms with Gasteiger partial charge in [-0.05, 0) is 68.5 Å². The van der Waals surface area contributed by atoms with Gasteiger partial charge in [0.05, 0.1) is 29.0 Å². The molecule has 2 aromatic carbocycles. The Morgan fingerprint density at radius 1 is 1.00 bits per heavy atom. The van der Waals surface area contributed by atoms with Gasteiger partial charge in [0.2, 0.25) is 10.0 Å². The van der Waals surface area contributed by atoms with E-state index in [9.17, 15) is 21.6 Å². The lowest BCUT2D eigenvalue weighted by atomic mass is 9.97. The van der Waals surface area contributed by atoms with Crippen LogP contribution in [0.25, 0.3) is 0 Å². The normalized spacial score (nSPS) is 19.2. The van der Waals surface area contributed by atoms with E-state index in [1.807, 2.05) is 36.8 Å². The molecule has 2 aliphatic rings. The van der Waals surface area contributed by atoms with Crippen LogP contribution in [0.1, 0.15) is 75.2 Å². The minimum Gasteiger partial charge on any atom is -0.361 e. The number of halogens is 3. The number of nitrogens with zero attached hydrogens (tertiary/aromatic N) is 4. The number of rotatable bonds is 8. The Morgan fingerprint density at radius 3 is 2.35 bits per heavy atom. The molecule has 6 nitrogen and oxygen atoms in total. The van der Waals surface area contributed by atoms with Gasteiger partial charge in [0.15, 0.2) is 0 Å². The Labute approximate surface area is 234 Å². The van der Waals surface area contributed by atoms with Gasteiger partial charge in [0, 0.05) is 37.1 Å². The molecule has 5 rings (SSSR count). The maximum atomic E-state index is 13.9. The predicted molar refractivity (Wildman–Crippen MR) is 149 cm³/mol.